The first kappa shape index (κ1) is 13.8. The van der Waals surface area contributed by atoms with Gasteiger partial charge in [-0.15, -0.1) is 0 Å². The van der Waals surface area contributed by atoms with Crippen LogP contribution in [0, 0.1) is 5.92 Å². The van der Waals surface area contributed by atoms with Gasteiger partial charge in [0.05, 0.1) is 12.6 Å². The quantitative estimate of drug-likeness (QED) is 0.747. The van der Waals surface area contributed by atoms with Gasteiger partial charge in [-0.05, 0) is 57.9 Å². The fourth-order valence-electron chi connectivity index (χ4n) is 2.86. The lowest BCUT2D eigenvalue weighted by Crippen LogP contribution is -2.41. The van der Waals surface area contributed by atoms with E-state index in [2.05, 4.69) is 12.2 Å². The molecule has 0 aromatic heterocycles. The van der Waals surface area contributed by atoms with Crippen molar-refractivity contribution in [3.05, 3.63) is 0 Å². The smallest absolute Gasteiger partial charge is 0.236 e. The molecule has 2 saturated carbocycles. The highest BCUT2D eigenvalue weighted by atomic mass is 16.3. The molecule has 0 radical (unpaired) electrons. The maximum atomic E-state index is 12.0. The maximum Gasteiger partial charge on any atom is 0.236 e. The molecule has 0 aromatic rings. The number of aliphatic hydroxyl groups is 1. The lowest BCUT2D eigenvalue weighted by Gasteiger charge is -2.26. The molecule has 0 aliphatic heterocycles. The van der Waals surface area contributed by atoms with Gasteiger partial charge in [0.1, 0.15) is 0 Å². The third-order valence-corrected chi connectivity index (χ3v) is 4.17. The second-order valence-electron chi connectivity index (χ2n) is 5.72. The molecule has 2 aliphatic carbocycles. The van der Waals surface area contributed by atoms with Crippen LogP contribution in [0.5, 0.6) is 0 Å². The summed E-state index contributed by atoms with van der Waals surface area (Å²) in [5.41, 5.74) is 0. The van der Waals surface area contributed by atoms with Crippen molar-refractivity contribution in [2.45, 2.75) is 57.6 Å². The molecular formula is C14H26N2O2. The largest absolute Gasteiger partial charge is 0.393 e. The predicted molar refractivity (Wildman–Crippen MR) is 71.2 cm³/mol. The van der Waals surface area contributed by atoms with Crippen LogP contribution < -0.4 is 5.32 Å². The van der Waals surface area contributed by atoms with Gasteiger partial charge < -0.3 is 15.3 Å². The Morgan fingerprint density at radius 3 is 2.44 bits per heavy atom. The lowest BCUT2D eigenvalue weighted by molar-refractivity contribution is -0.130. The Morgan fingerprint density at radius 2 is 1.89 bits per heavy atom. The van der Waals surface area contributed by atoms with E-state index in [0.717, 1.165) is 38.8 Å². The van der Waals surface area contributed by atoms with Crippen LogP contribution in [0.15, 0.2) is 0 Å². The summed E-state index contributed by atoms with van der Waals surface area (Å²) in [6, 6.07) is 0.522. The van der Waals surface area contributed by atoms with Crippen LogP contribution in [-0.2, 0) is 4.79 Å². The number of nitrogens with zero attached hydrogens (tertiary/aromatic N) is 1. The number of hydrogen-bond donors (Lipinski definition) is 2. The van der Waals surface area contributed by atoms with Gasteiger partial charge in [-0.3, -0.25) is 4.79 Å². The van der Waals surface area contributed by atoms with E-state index in [-0.39, 0.29) is 12.0 Å². The van der Waals surface area contributed by atoms with Crippen LogP contribution in [0.2, 0.25) is 0 Å². The topological polar surface area (TPSA) is 52.6 Å². The molecule has 18 heavy (non-hydrogen) atoms. The first-order valence-electron chi connectivity index (χ1n) is 7.39. The molecule has 0 bridgehead atoms. The van der Waals surface area contributed by atoms with Gasteiger partial charge in [0, 0.05) is 12.6 Å². The van der Waals surface area contributed by atoms with Gasteiger partial charge in [-0.2, -0.15) is 0 Å². The van der Waals surface area contributed by atoms with E-state index in [4.69, 9.17) is 0 Å². The third-order valence-electron chi connectivity index (χ3n) is 4.17. The zero-order valence-corrected chi connectivity index (χ0v) is 11.4. The number of likely N-dealkylation sites (N-methyl/N-ethyl adjacent to an activating group) is 1. The molecule has 1 amide bonds. The van der Waals surface area contributed by atoms with Gasteiger partial charge in [-0.25, -0.2) is 0 Å². The number of nitrogens with one attached hydrogen (secondary N) is 1. The highest BCUT2D eigenvalue weighted by molar-refractivity contribution is 5.78. The monoisotopic (exact) mass is 254 g/mol. The van der Waals surface area contributed by atoms with Crippen LogP contribution in [0.25, 0.3) is 0 Å². The second-order valence-corrected chi connectivity index (χ2v) is 5.72. The lowest BCUT2D eigenvalue weighted by atomic mass is 9.87. The highest BCUT2D eigenvalue weighted by Crippen LogP contribution is 2.26. The summed E-state index contributed by atoms with van der Waals surface area (Å²) >= 11 is 0. The molecule has 0 heterocycles. The first-order valence-corrected chi connectivity index (χ1v) is 7.39. The molecule has 2 N–H and O–H groups in total. The molecule has 2 rings (SSSR count). The van der Waals surface area contributed by atoms with Crippen molar-refractivity contribution >= 4 is 5.91 Å². The number of rotatable bonds is 6. The van der Waals surface area contributed by atoms with Crippen LogP contribution in [0.4, 0.5) is 0 Å². The fourth-order valence-corrected chi connectivity index (χ4v) is 2.86. The van der Waals surface area contributed by atoms with Crippen LogP contribution >= 0.6 is 0 Å². The standard InChI is InChI=1S/C14H26N2O2/c1-2-16(12-5-6-12)14(18)10-15-9-11-3-7-13(17)8-4-11/h11-13,15,17H,2-10H2,1H3. The summed E-state index contributed by atoms with van der Waals surface area (Å²) < 4.78 is 0. The van der Waals surface area contributed by atoms with E-state index in [9.17, 15) is 9.90 Å². The normalized spacial score (nSPS) is 28.1. The number of hydrogen-bond acceptors (Lipinski definition) is 3. The number of carbonyl (C=O) groups excluding carboxylic acids is 1. The van der Waals surface area contributed by atoms with E-state index in [1.54, 1.807) is 0 Å². The minimum Gasteiger partial charge on any atom is -0.393 e. The summed E-state index contributed by atoms with van der Waals surface area (Å²) in [4.78, 5) is 14.0. The molecule has 0 unspecified atom stereocenters. The number of amides is 1. The summed E-state index contributed by atoms with van der Waals surface area (Å²) in [6.45, 7) is 4.28. The molecule has 0 aromatic carbocycles. The summed E-state index contributed by atoms with van der Waals surface area (Å²) in [5.74, 6) is 0.882. The van der Waals surface area contributed by atoms with E-state index >= 15 is 0 Å². The zero-order chi connectivity index (χ0) is 13.0. The van der Waals surface area contributed by atoms with E-state index in [0.29, 0.717) is 18.5 Å². The van der Waals surface area contributed by atoms with Gasteiger partial charge in [0.2, 0.25) is 5.91 Å². The van der Waals surface area contributed by atoms with E-state index < -0.39 is 0 Å². The molecule has 104 valence electrons. The van der Waals surface area contributed by atoms with Crippen molar-refractivity contribution < 1.29 is 9.90 Å². The van der Waals surface area contributed by atoms with Crippen molar-refractivity contribution in [3.8, 4) is 0 Å². The number of carbonyl (C=O) groups is 1. The molecule has 2 fully saturated rings. The van der Waals surface area contributed by atoms with Crippen molar-refractivity contribution in [2.24, 2.45) is 5.92 Å². The fraction of sp³-hybridized carbons (Fsp3) is 0.929. The molecule has 0 saturated heterocycles. The first-order chi connectivity index (χ1) is 8.70. The van der Waals surface area contributed by atoms with E-state index in [1.165, 1.54) is 12.8 Å². The minimum absolute atomic E-state index is 0.0895. The van der Waals surface area contributed by atoms with Crippen LogP contribution in [0.3, 0.4) is 0 Å². The Morgan fingerprint density at radius 1 is 1.22 bits per heavy atom. The van der Waals surface area contributed by atoms with Gasteiger partial charge in [-0.1, -0.05) is 0 Å². The molecule has 2 aliphatic rings. The molecule has 0 spiro atoms. The summed E-state index contributed by atoms with van der Waals surface area (Å²) in [6.07, 6.45) is 6.28. The number of aliphatic hydroxyl groups excluding tert-OH is 1. The summed E-state index contributed by atoms with van der Waals surface area (Å²) in [5, 5.41) is 12.7. The maximum absolute atomic E-state index is 12.0. The van der Waals surface area contributed by atoms with Gasteiger partial charge >= 0.3 is 0 Å². The Hall–Kier alpha value is -0.610. The third kappa shape index (κ3) is 3.95. The molecule has 4 nitrogen and oxygen atoms in total. The Kier molecular flexibility index (Phi) is 5.01. The second kappa shape index (κ2) is 6.53. The van der Waals surface area contributed by atoms with Crippen molar-refractivity contribution in [1.29, 1.82) is 0 Å². The Balaban J connectivity index is 1.61. The molecular weight excluding hydrogens is 228 g/mol. The summed E-state index contributed by atoms with van der Waals surface area (Å²) in [7, 11) is 0. The highest BCUT2D eigenvalue weighted by Gasteiger charge is 2.31. The zero-order valence-electron chi connectivity index (χ0n) is 11.4. The van der Waals surface area contributed by atoms with E-state index in [1.807, 2.05) is 4.90 Å². The Bertz CT molecular complexity index is 271. The minimum atomic E-state index is -0.0895. The van der Waals surface area contributed by atoms with Crippen molar-refractivity contribution in [2.75, 3.05) is 19.6 Å². The predicted octanol–water partition coefficient (Wildman–Crippen LogP) is 1.14. The van der Waals surface area contributed by atoms with Gasteiger partial charge in [0.25, 0.3) is 0 Å². The molecule has 4 heteroatoms. The Labute approximate surface area is 110 Å². The van der Waals surface area contributed by atoms with Gasteiger partial charge in [0.15, 0.2) is 0 Å². The average Bonchev–Trinajstić information content (AvgIpc) is 3.17. The molecule has 0 atom stereocenters. The average molecular weight is 254 g/mol. The van der Waals surface area contributed by atoms with Crippen molar-refractivity contribution in [3.63, 3.8) is 0 Å². The van der Waals surface area contributed by atoms with Crippen molar-refractivity contribution in [1.82, 2.24) is 10.2 Å². The van der Waals surface area contributed by atoms with Crippen LogP contribution in [0.1, 0.15) is 45.4 Å². The van der Waals surface area contributed by atoms with Crippen LogP contribution in [-0.4, -0.2) is 47.7 Å². The SMILES string of the molecule is CCN(C(=O)CNCC1CCC(O)CC1)C1CC1.